The molecule has 7 heteroatoms. The highest BCUT2D eigenvalue weighted by Gasteiger charge is 2.29. The van der Waals surface area contributed by atoms with E-state index in [1.807, 2.05) is 17.7 Å². The van der Waals surface area contributed by atoms with Crippen LogP contribution in [0.3, 0.4) is 0 Å². The molecule has 1 N–H and O–H groups in total. The molecule has 1 aromatic carbocycles. The second kappa shape index (κ2) is 8.11. The van der Waals surface area contributed by atoms with Crippen LogP contribution in [0.5, 0.6) is 5.75 Å². The Hall–Kier alpha value is -1.72. The summed E-state index contributed by atoms with van der Waals surface area (Å²) >= 11 is 11.9. The van der Waals surface area contributed by atoms with Crippen molar-refractivity contribution in [2.45, 2.75) is 52.5 Å². The average molecular weight is 410 g/mol. The molecule has 1 aromatic heterocycles. The van der Waals surface area contributed by atoms with E-state index in [1.165, 1.54) is 0 Å². The lowest BCUT2D eigenvalue weighted by Gasteiger charge is -2.34. The van der Waals surface area contributed by atoms with Crippen LogP contribution in [0.1, 0.15) is 51.3 Å². The van der Waals surface area contributed by atoms with Gasteiger partial charge in [-0.2, -0.15) is 5.10 Å². The molecule has 27 heavy (non-hydrogen) atoms. The largest absolute Gasteiger partial charge is 0.482 e. The van der Waals surface area contributed by atoms with Gasteiger partial charge in [0.1, 0.15) is 11.6 Å². The van der Waals surface area contributed by atoms with Crippen LogP contribution in [-0.4, -0.2) is 22.3 Å². The molecule has 1 heterocycles. The summed E-state index contributed by atoms with van der Waals surface area (Å²) in [5.41, 5.74) is 1.27. The number of rotatable bonds is 5. The number of ether oxygens (including phenoxy) is 1. The predicted molar refractivity (Wildman–Crippen MR) is 109 cm³/mol. The summed E-state index contributed by atoms with van der Waals surface area (Å²) in [5.74, 6) is 0.890. The van der Waals surface area contributed by atoms with E-state index < -0.39 is 0 Å². The fourth-order valence-corrected chi connectivity index (χ4v) is 3.89. The average Bonchev–Trinajstić information content (AvgIpc) is 2.94. The molecule has 1 aliphatic rings. The van der Waals surface area contributed by atoms with Crippen LogP contribution in [0.2, 0.25) is 10.0 Å². The SMILES string of the molecule is Cc1cc(NC(=O)COc2ccc(Cl)cc2Cl)n(C2CCC(C)(C)CC2)n1. The number of hydrogen-bond acceptors (Lipinski definition) is 3. The van der Waals surface area contributed by atoms with Gasteiger partial charge in [-0.15, -0.1) is 0 Å². The van der Waals surface area contributed by atoms with Gasteiger partial charge in [0, 0.05) is 11.1 Å². The van der Waals surface area contributed by atoms with Gasteiger partial charge in [0.2, 0.25) is 0 Å². The van der Waals surface area contributed by atoms with E-state index in [2.05, 4.69) is 24.3 Å². The van der Waals surface area contributed by atoms with Crippen molar-refractivity contribution in [2.24, 2.45) is 5.41 Å². The molecular formula is C20H25Cl2N3O2. The van der Waals surface area contributed by atoms with Crippen LogP contribution in [0.15, 0.2) is 24.3 Å². The van der Waals surface area contributed by atoms with Gasteiger partial charge in [-0.05, 0) is 56.2 Å². The zero-order valence-electron chi connectivity index (χ0n) is 15.9. The number of nitrogens with one attached hydrogen (secondary N) is 1. The molecule has 0 radical (unpaired) electrons. The summed E-state index contributed by atoms with van der Waals surface area (Å²) in [4.78, 5) is 12.4. The third kappa shape index (κ3) is 5.17. The smallest absolute Gasteiger partial charge is 0.263 e. The molecule has 0 aliphatic heterocycles. The number of nitrogens with zero attached hydrogens (tertiary/aromatic N) is 2. The first-order chi connectivity index (χ1) is 12.7. The first-order valence-electron chi connectivity index (χ1n) is 9.17. The van der Waals surface area contributed by atoms with Crippen molar-refractivity contribution in [2.75, 3.05) is 11.9 Å². The van der Waals surface area contributed by atoms with Crippen molar-refractivity contribution in [3.63, 3.8) is 0 Å². The molecule has 5 nitrogen and oxygen atoms in total. The Bertz CT molecular complexity index is 823. The van der Waals surface area contributed by atoms with Crippen LogP contribution >= 0.6 is 23.2 Å². The molecule has 1 amide bonds. The minimum atomic E-state index is -0.252. The number of hydrogen-bond donors (Lipinski definition) is 1. The van der Waals surface area contributed by atoms with Crippen LogP contribution in [0.25, 0.3) is 0 Å². The van der Waals surface area contributed by atoms with Gasteiger partial charge in [0.15, 0.2) is 6.61 Å². The Labute approximate surface area is 170 Å². The minimum absolute atomic E-state index is 0.136. The fraction of sp³-hybridized carbons (Fsp3) is 0.500. The Morgan fingerprint density at radius 1 is 1.30 bits per heavy atom. The molecule has 2 aromatic rings. The number of anilines is 1. The fourth-order valence-electron chi connectivity index (χ4n) is 3.43. The summed E-state index contributed by atoms with van der Waals surface area (Å²) in [5, 5.41) is 8.42. The summed E-state index contributed by atoms with van der Waals surface area (Å²) in [6, 6.07) is 7.11. The monoisotopic (exact) mass is 409 g/mol. The lowest BCUT2D eigenvalue weighted by Crippen LogP contribution is -2.27. The maximum absolute atomic E-state index is 12.4. The van der Waals surface area contributed by atoms with Crippen LogP contribution in [-0.2, 0) is 4.79 Å². The topological polar surface area (TPSA) is 56.1 Å². The second-order valence-electron chi connectivity index (χ2n) is 7.92. The summed E-state index contributed by atoms with van der Waals surface area (Å²) in [6.45, 7) is 6.41. The lowest BCUT2D eigenvalue weighted by molar-refractivity contribution is -0.118. The standard InChI is InChI=1S/C20H25Cl2N3O2/c1-13-10-18(25(24-13)15-6-8-20(2,3)9-7-15)23-19(26)12-27-17-5-4-14(21)11-16(17)22/h4-5,10-11,15H,6-9,12H2,1-3H3,(H,23,26). The van der Waals surface area contributed by atoms with E-state index in [0.29, 0.717) is 33.1 Å². The molecular weight excluding hydrogens is 385 g/mol. The third-order valence-corrected chi connectivity index (χ3v) is 5.56. The van der Waals surface area contributed by atoms with Crippen LogP contribution in [0, 0.1) is 12.3 Å². The predicted octanol–water partition coefficient (Wildman–Crippen LogP) is 5.66. The van der Waals surface area contributed by atoms with Crippen LogP contribution < -0.4 is 10.1 Å². The van der Waals surface area contributed by atoms with E-state index in [9.17, 15) is 4.79 Å². The lowest BCUT2D eigenvalue weighted by atomic mass is 9.75. The number of halogens is 2. The Morgan fingerprint density at radius 3 is 2.67 bits per heavy atom. The molecule has 0 saturated heterocycles. The van der Waals surface area contributed by atoms with Crippen molar-refractivity contribution in [1.29, 1.82) is 0 Å². The van der Waals surface area contributed by atoms with Gasteiger partial charge in [-0.3, -0.25) is 4.79 Å². The third-order valence-electron chi connectivity index (χ3n) is 5.03. The first-order valence-corrected chi connectivity index (χ1v) is 9.93. The number of amides is 1. The van der Waals surface area contributed by atoms with Gasteiger partial charge < -0.3 is 10.1 Å². The van der Waals surface area contributed by atoms with Crippen molar-refractivity contribution < 1.29 is 9.53 Å². The molecule has 146 valence electrons. The first kappa shape index (κ1) is 20.0. The van der Waals surface area contributed by atoms with Gasteiger partial charge in [0.05, 0.1) is 16.8 Å². The highest BCUT2D eigenvalue weighted by Crippen LogP contribution is 2.41. The highest BCUT2D eigenvalue weighted by atomic mass is 35.5. The summed E-state index contributed by atoms with van der Waals surface area (Å²) in [7, 11) is 0. The van der Waals surface area contributed by atoms with E-state index in [-0.39, 0.29) is 12.5 Å². The van der Waals surface area contributed by atoms with Gasteiger partial charge in [-0.25, -0.2) is 4.68 Å². The maximum atomic E-state index is 12.4. The van der Waals surface area contributed by atoms with E-state index in [1.54, 1.807) is 18.2 Å². The number of aryl methyl sites for hydroxylation is 1. The van der Waals surface area contributed by atoms with Crippen molar-refractivity contribution in [3.05, 3.63) is 40.0 Å². The molecule has 3 rings (SSSR count). The van der Waals surface area contributed by atoms with Crippen LogP contribution in [0.4, 0.5) is 5.82 Å². The Balaban J connectivity index is 1.63. The molecule has 0 bridgehead atoms. The Morgan fingerprint density at radius 2 is 2.00 bits per heavy atom. The van der Waals surface area contributed by atoms with Gasteiger partial charge in [-0.1, -0.05) is 37.0 Å². The molecule has 1 fully saturated rings. The van der Waals surface area contributed by atoms with E-state index in [0.717, 1.165) is 31.4 Å². The number of aromatic nitrogens is 2. The van der Waals surface area contributed by atoms with E-state index in [4.69, 9.17) is 27.9 Å². The molecule has 0 spiro atoms. The second-order valence-corrected chi connectivity index (χ2v) is 8.77. The quantitative estimate of drug-likeness (QED) is 0.692. The molecule has 0 atom stereocenters. The molecule has 0 unspecified atom stereocenters. The normalized spacial score (nSPS) is 16.9. The zero-order valence-corrected chi connectivity index (χ0v) is 17.4. The Kier molecular flexibility index (Phi) is 6.02. The molecule has 1 saturated carbocycles. The summed E-state index contributed by atoms with van der Waals surface area (Å²) in [6.07, 6.45) is 4.44. The van der Waals surface area contributed by atoms with Crippen molar-refractivity contribution in [3.8, 4) is 5.75 Å². The van der Waals surface area contributed by atoms with E-state index >= 15 is 0 Å². The van der Waals surface area contributed by atoms with Crippen molar-refractivity contribution in [1.82, 2.24) is 9.78 Å². The minimum Gasteiger partial charge on any atom is -0.482 e. The zero-order chi connectivity index (χ0) is 19.6. The number of carbonyl (C=O) groups excluding carboxylic acids is 1. The van der Waals surface area contributed by atoms with Gasteiger partial charge in [0.25, 0.3) is 5.91 Å². The molecule has 1 aliphatic carbocycles. The number of benzene rings is 1. The summed E-state index contributed by atoms with van der Waals surface area (Å²) < 4.78 is 7.47. The maximum Gasteiger partial charge on any atom is 0.263 e. The number of carbonyl (C=O) groups is 1. The van der Waals surface area contributed by atoms with Gasteiger partial charge >= 0.3 is 0 Å². The highest BCUT2D eigenvalue weighted by molar-refractivity contribution is 6.35. The van der Waals surface area contributed by atoms with Crippen molar-refractivity contribution >= 4 is 34.9 Å².